The molecule has 0 unspecified atom stereocenters. The van der Waals surface area contributed by atoms with Crippen molar-refractivity contribution in [1.82, 2.24) is 10.2 Å². The molecule has 2 N–H and O–H groups in total. The van der Waals surface area contributed by atoms with Gasteiger partial charge in [0.2, 0.25) is 5.13 Å². The molecule has 1 aromatic heterocycles. The Morgan fingerprint density at radius 2 is 1.86 bits per heavy atom. The zero-order valence-corrected chi connectivity index (χ0v) is 16.9. The van der Waals surface area contributed by atoms with Crippen LogP contribution in [0.3, 0.4) is 0 Å². The second-order valence-electron chi connectivity index (χ2n) is 5.78. The van der Waals surface area contributed by atoms with Crippen LogP contribution in [-0.2, 0) is 12.8 Å². The number of hydrogen-bond donors (Lipinski definition) is 2. The van der Waals surface area contributed by atoms with Gasteiger partial charge in [-0.25, -0.2) is 4.79 Å². The van der Waals surface area contributed by atoms with Crippen LogP contribution in [0.25, 0.3) is 0 Å². The van der Waals surface area contributed by atoms with Crippen LogP contribution in [0, 0.1) is 0 Å². The highest BCUT2D eigenvalue weighted by Gasteiger charge is 2.10. The van der Waals surface area contributed by atoms with E-state index in [1.54, 1.807) is 38.5 Å². The largest absolute Gasteiger partial charge is 0.493 e. The van der Waals surface area contributed by atoms with Crippen molar-refractivity contribution in [2.45, 2.75) is 12.8 Å². The summed E-state index contributed by atoms with van der Waals surface area (Å²) in [5.74, 6) is 1.39. The Kier molecular flexibility index (Phi) is 6.67. The first-order chi connectivity index (χ1) is 13.6. The number of aromatic nitrogens is 2. The fourth-order valence-corrected chi connectivity index (χ4v) is 3.44. The molecule has 3 rings (SSSR count). The number of ether oxygens (including phenoxy) is 2. The fraction of sp³-hybridized carbons (Fsp3) is 0.211. The summed E-state index contributed by atoms with van der Waals surface area (Å²) in [5, 5.41) is 15.3. The number of carbonyl (C=O) groups excluding carboxylic acids is 1. The lowest BCUT2D eigenvalue weighted by molar-refractivity contribution is 0.262. The second-order valence-corrected chi connectivity index (χ2v) is 7.28. The number of urea groups is 1. The number of aryl methyl sites for hydroxylation is 2. The molecule has 0 saturated carbocycles. The summed E-state index contributed by atoms with van der Waals surface area (Å²) in [6.45, 7) is 0. The topological polar surface area (TPSA) is 85.4 Å². The third-order valence-electron chi connectivity index (χ3n) is 3.85. The molecule has 146 valence electrons. The highest BCUT2D eigenvalue weighted by molar-refractivity contribution is 7.15. The van der Waals surface area contributed by atoms with Gasteiger partial charge in [-0.3, -0.25) is 5.32 Å². The van der Waals surface area contributed by atoms with Crippen molar-refractivity contribution in [3.05, 3.63) is 58.1 Å². The van der Waals surface area contributed by atoms with E-state index in [4.69, 9.17) is 21.1 Å². The zero-order chi connectivity index (χ0) is 19.9. The predicted molar refractivity (Wildman–Crippen MR) is 111 cm³/mol. The van der Waals surface area contributed by atoms with Crippen molar-refractivity contribution in [2.75, 3.05) is 24.9 Å². The second kappa shape index (κ2) is 9.38. The van der Waals surface area contributed by atoms with Gasteiger partial charge >= 0.3 is 6.03 Å². The summed E-state index contributed by atoms with van der Waals surface area (Å²) < 4.78 is 10.6. The van der Waals surface area contributed by atoms with E-state index < -0.39 is 6.03 Å². The maximum atomic E-state index is 12.1. The van der Waals surface area contributed by atoms with Crippen molar-refractivity contribution in [1.29, 1.82) is 0 Å². The van der Waals surface area contributed by atoms with Crippen molar-refractivity contribution in [3.63, 3.8) is 0 Å². The number of hydrogen-bond acceptors (Lipinski definition) is 6. The minimum atomic E-state index is -0.398. The number of halogens is 1. The molecule has 1 heterocycles. The molecule has 9 heteroatoms. The maximum absolute atomic E-state index is 12.1. The van der Waals surface area contributed by atoms with Gasteiger partial charge in [0.25, 0.3) is 0 Å². The number of anilines is 2. The lowest BCUT2D eigenvalue weighted by Gasteiger charge is -2.09. The van der Waals surface area contributed by atoms with Crippen LogP contribution < -0.4 is 20.1 Å². The number of nitrogens with zero attached hydrogens (tertiary/aromatic N) is 2. The average Bonchev–Trinajstić information content (AvgIpc) is 3.13. The van der Waals surface area contributed by atoms with E-state index in [9.17, 15) is 4.79 Å². The minimum Gasteiger partial charge on any atom is -0.493 e. The Morgan fingerprint density at radius 1 is 1.04 bits per heavy atom. The molecule has 2 aromatic carbocycles. The summed E-state index contributed by atoms with van der Waals surface area (Å²) in [7, 11) is 3.22. The van der Waals surface area contributed by atoms with E-state index in [1.807, 2.05) is 18.2 Å². The monoisotopic (exact) mass is 418 g/mol. The molecule has 0 saturated heterocycles. The van der Waals surface area contributed by atoms with Gasteiger partial charge in [0.1, 0.15) is 5.01 Å². The number of methoxy groups -OCH3 is 2. The Bertz CT molecular complexity index is 964. The van der Waals surface area contributed by atoms with Crippen molar-refractivity contribution < 1.29 is 14.3 Å². The molecule has 7 nitrogen and oxygen atoms in total. The highest BCUT2D eigenvalue weighted by atomic mass is 35.5. The van der Waals surface area contributed by atoms with Gasteiger partial charge in [0.05, 0.1) is 14.2 Å². The SMILES string of the molecule is COc1ccc(CCc2nnc(NC(=O)Nc3cccc(Cl)c3)s2)cc1OC. The first kappa shape index (κ1) is 19.9. The summed E-state index contributed by atoms with van der Waals surface area (Å²) >= 11 is 7.24. The summed E-state index contributed by atoms with van der Waals surface area (Å²) in [4.78, 5) is 12.1. The van der Waals surface area contributed by atoms with E-state index >= 15 is 0 Å². The smallest absolute Gasteiger partial charge is 0.325 e. The number of nitrogens with one attached hydrogen (secondary N) is 2. The fourth-order valence-electron chi connectivity index (χ4n) is 2.52. The third kappa shape index (κ3) is 5.34. The lowest BCUT2D eigenvalue weighted by atomic mass is 10.1. The number of rotatable bonds is 7. The van der Waals surface area contributed by atoms with Crippen LogP contribution in [0.1, 0.15) is 10.6 Å². The van der Waals surface area contributed by atoms with E-state index in [2.05, 4.69) is 20.8 Å². The molecule has 28 heavy (non-hydrogen) atoms. The van der Waals surface area contributed by atoms with Crippen molar-refractivity contribution >= 4 is 39.8 Å². The van der Waals surface area contributed by atoms with Gasteiger partial charge < -0.3 is 14.8 Å². The van der Waals surface area contributed by atoms with Crippen LogP contribution in [-0.4, -0.2) is 30.4 Å². The summed E-state index contributed by atoms with van der Waals surface area (Å²) in [6, 6.07) is 12.3. The van der Waals surface area contributed by atoms with Crippen LogP contribution in [0.4, 0.5) is 15.6 Å². The number of benzene rings is 2. The molecular weight excluding hydrogens is 400 g/mol. The van der Waals surface area contributed by atoms with Gasteiger partial charge in [-0.1, -0.05) is 35.1 Å². The molecular formula is C19H19ClN4O3S. The van der Waals surface area contributed by atoms with Gasteiger partial charge in [-0.15, -0.1) is 10.2 Å². The first-order valence-corrected chi connectivity index (χ1v) is 9.63. The third-order valence-corrected chi connectivity index (χ3v) is 4.98. The number of carbonyl (C=O) groups is 1. The Hall–Kier alpha value is -2.84. The number of amides is 2. The molecule has 0 aliphatic rings. The minimum absolute atomic E-state index is 0.398. The molecule has 0 aliphatic heterocycles. The van der Waals surface area contributed by atoms with Gasteiger partial charge in [-0.2, -0.15) is 0 Å². The Morgan fingerprint density at radius 3 is 2.61 bits per heavy atom. The Balaban J connectivity index is 1.54. The van der Waals surface area contributed by atoms with E-state index in [-0.39, 0.29) is 0 Å². The maximum Gasteiger partial charge on any atom is 0.325 e. The molecule has 0 atom stereocenters. The predicted octanol–water partition coefficient (Wildman–Crippen LogP) is 4.64. The Labute approximate surface area is 171 Å². The van der Waals surface area contributed by atoms with Crippen LogP contribution in [0.5, 0.6) is 11.5 Å². The van der Waals surface area contributed by atoms with Crippen molar-refractivity contribution in [3.8, 4) is 11.5 Å². The molecule has 3 aromatic rings. The van der Waals surface area contributed by atoms with Gasteiger partial charge in [0.15, 0.2) is 11.5 Å². The van der Waals surface area contributed by atoms with E-state index in [0.29, 0.717) is 33.8 Å². The highest BCUT2D eigenvalue weighted by Crippen LogP contribution is 2.28. The molecule has 0 spiro atoms. The molecule has 0 bridgehead atoms. The van der Waals surface area contributed by atoms with E-state index in [1.165, 1.54) is 11.3 Å². The summed E-state index contributed by atoms with van der Waals surface area (Å²) in [5.41, 5.74) is 1.70. The molecule has 0 aliphatic carbocycles. The van der Waals surface area contributed by atoms with Crippen molar-refractivity contribution in [2.24, 2.45) is 0 Å². The molecule has 0 radical (unpaired) electrons. The van der Waals surface area contributed by atoms with E-state index in [0.717, 1.165) is 17.0 Å². The molecule has 2 amide bonds. The van der Waals surface area contributed by atoms with Gasteiger partial charge in [-0.05, 0) is 42.3 Å². The normalized spacial score (nSPS) is 10.4. The van der Waals surface area contributed by atoms with Crippen LogP contribution in [0.2, 0.25) is 5.02 Å². The zero-order valence-electron chi connectivity index (χ0n) is 15.4. The standard InChI is InChI=1S/C19H19ClN4O3S/c1-26-15-8-6-12(10-16(15)27-2)7-9-17-23-24-19(28-17)22-18(25)21-14-5-3-4-13(20)11-14/h3-6,8,10-11H,7,9H2,1-2H3,(H2,21,22,24,25). The average molecular weight is 419 g/mol. The summed E-state index contributed by atoms with van der Waals surface area (Å²) in [6.07, 6.45) is 1.47. The van der Waals surface area contributed by atoms with Crippen LogP contribution in [0.15, 0.2) is 42.5 Å². The first-order valence-electron chi connectivity index (χ1n) is 8.44. The van der Waals surface area contributed by atoms with Gasteiger partial charge in [0, 0.05) is 17.1 Å². The quantitative estimate of drug-likeness (QED) is 0.583. The lowest BCUT2D eigenvalue weighted by Crippen LogP contribution is -2.19. The molecule has 0 fully saturated rings. The van der Waals surface area contributed by atoms with Crippen LogP contribution >= 0.6 is 22.9 Å².